The highest BCUT2D eigenvalue weighted by Crippen LogP contribution is 2.34. The Morgan fingerprint density at radius 2 is 1.30 bits per heavy atom. The van der Waals surface area contributed by atoms with Gasteiger partial charge >= 0.3 is 0 Å². The van der Waals surface area contributed by atoms with Crippen LogP contribution in [-0.4, -0.2) is 21.8 Å². The van der Waals surface area contributed by atoms with Gasteiger partial charge in [-0.2, -0.15) is 0 Å². The number of benzene rings is 2. The lowest BCUT2D eigenvalue weighted by Crippen LogP contribution is -1.96. The molecule has 0 spiro atoms. The van der Waals surface area contributed by atoms with Crippen molar-refractivity contribution in [2.24, 2.45) is 0 Å². The molecule has 1 heterocycles. The molecule has 0 fully saturated rings. The molecule has 118 valence electrons. The van der Waals surface area contributed by atoms with Crippen LogP contribution in [0.3, 0.4) is 0 Å². The standard InChI is InChI=1S/C18H16O4S/c1-21-15-7-3-13(4-8-15)17-11-22-12-18(17)14-5-9-16(10-6-14)23(2,19)20/h3-12H,1-2H3. The van der Waals surface area contributed by atoms with Crippen LogP contribution in [0.2, 0.25) is 0 Å². The van der Waals surface area contributed by atoms with Crippen molar-refractivity contribution in [2.45, 2.75) is 4.90 Å². The van der Waals surface area contributed by atoms with Crippen molar-refractivity contribution in [2.75, 3.05) is 13.4 Å². The molecule has 0 radical (unpaired) electrons. The summed E-state index contributed by atoms with van der Waals surface area (Å²) in [6.45, 7) is 0. The van der Waals surface area contributed by atoms with E-state index < -0.39 is 9.84 Å². The first-order valence-electron chi connectivity index (χ1n) is 7.00. The van der Waals surface area contributed by atoms with Crippen LogP contribution >= 0.6 is 0 Å². The molecule has 0 bridgehead atoms. The number of methoxy groups -OCH3 is 1. The van der Waals surface area contributed by atoms with E-state index in [9.17, 15) is 8.42 Å². The largest absolute Gasteiger partial charge is 0.497 e. The number of hydrogen-bond acceptors (Lipinski definition) is 4. The number of sulfone groups is 1. The van der Waals surface area contributed by atoms with Gasteiger partial charge in [0.15, 0.2) is 9.84 Å². The monoisotopic (exact) mass is 328 g/mol. The summed E-state index contributed by atoms with van der Waals surface area (Å²) in [6, 6.07) is 14.5. The normalized spacial score (nSPS) is 11.4. The molecular weight excluding hydrogens is 312 g/mol. The third kappa shape index (κ3) is 3.14. The van der Waals surface area contributed by atoms with Crippen molar-refractivity contribution in [3.8, 4) is 28.0 Å². The molecule has 0 atom stereocenters. The quantitative estimate of drug-likeness (QED) is 0.725. The predicted octanol–water partition coefficient (Wildman–Crippen LogP) is 4.03. The number of furan rings is 1. The van der Waals surface area contributed by atoms with Crippen LogP contribution in [0.15, 0.2) is 70.4 Å². The van der Waals surface area contributed by atoms with Crippen LogP contribution in [0, 0.1) is 0 Å². The molecule has 0 unspecified atom stereocenters. The maximum Gasteiger partial charge on any atom is 0.175 e. The van der Waals surface area contributed by atoms with Crippen LogP contribution in [0.1, 0.15) is 0 Å². The fraction of sp³-hybridized carbons (Fsp3) is 0.111. The summed E-state index contributed by atoms with van der Waals surface area (Å²) >= 11 is 0. The molecule has 0 aliphatic carbocycles. The van der Waals surface area contributed by atoms with E-state index in [4.69, 9.17) is 9.15 Å². The van der Waals surface area contributed by atoms with E-state index in [0.29, 0.717) is 4.90 Å². The second kappa shape index (κ2) is 5.93. The molecule has 0 saturated heterocycles. The zero-order valence-electron chi connectivity index (χ0n) is 12.8. The van der Waals surface area contributed by atoms with E-state index in [-0.39, 0.29) is 0 Å². The zero-order chi connectivity index (χ0) is 16.4. The van der Waals surface area contributed by atoms with Gasteiger partial charge in [0.2, 0.25) is 0 Å². The number of rotatable bonds is 4. The minimum atomic E-state index is -3.20. The van der Waals surface area contributed by atoms with Crippen LogP contribution in [0.25, 0.3) is 22.3 Å². The fourth-order valence-electron chi connectivity index (χ4n) is 2.40. The van der Waals surface area contributed by atoms with E-state index in [0.717, 1.165) is 28.0 Å². The zero-order valence-corrected chi connectivity index (χ0v) is 13.6. The van der Waals surface area contributed by atoms with Gasteiger partial charge in [-0.05, 0) is 35.4 Å². The minimum absolute atomic E-state index is 0.302. The summed E-state index contributed by atoms with van der Waals surface area (Å²) in [6.07, 6.45) is 4.54. The molecular formula is C18H16O4S. The molecule has 3 aromatic rings. The van der Waals surface area contributed by atoms with Crippen molar-refractivity contribution in [3.63, 3.8) is 0 Å². The van der Waals surface area contributed by atoms with Crippen molar-refractivity contribution in [3.05, 3.63) is 61.1 Å². The summed E-state index contributed by atoms with van der Waals surface area (Å²) in [5.41, 5.74) is 3.76. The Morgan fingerprint density at radius 1 is 0.826 bits per heavy atom. The van der Waals surface area contributed by atoms with Gasteiger partial charge in [0.05, 0.1) is 24.5 Å². The molecule has 4 nitrogen and oxygen atoms in total. The summed E-state index contributed by atoms with van der Waals surface area (Å²) in [5.74, 6) is 0.788. The first-order valence-corrected chi connectivity index (χ1v) is 8.89. The van der Waals surface area contributed by atoms with Gasteiger partial charge in [-0.1, -0.05) is 24.3 Å². The Hall–Kier alpha value is -2.53. The van der Waals surface area contributed by atoms with Gasteiger partial charge in [-0.25, -0.2) is 8.42 Å². The average Bonchev–Trinajstić information content (AvgIpc) is 3.04. The van der Waals surface area contributed by atoms with Crippen molar-refractivity contribution in [1.82, 2.24) is 0 Å². The maximum atomic E-state index is 11.5. The SMILES string of the molecule is COc1ccc(-c2cocc2-c2ccc(S(C)(=O)=O)cc2)cc1. The average molecular weight is 328 g/mol. The van der Waals surface area contributed by atoms with Crippen molar-refractivity contribution in [1.29, 1.82) is 0 Å². The summed E-state index contributed by atoms with van der Waals surface area (Å²) < 4.78 is 33.6. The Labute approximate surface area is 135 Å². The van der Waals surface area contributed by atoms with E-state index in [2.05, 4.69) is 0 Å². The van der Waals surface area contributed by atoms with Crippen LogP contribution in [-0.2, 0) is 9.84 Å². The summed E-state index contributed by atoms with van der Waals surface area (Å²) in [7, 11) is -1.57. The van der Waals surface area contributed by atoms with Gasteiger partial charge in [0, 0.05) is 17.4 Å². The third-order valence-electron chi connectivity index (χ3n) is 3.66. The summed E-state index contributed by atoms with van der Waals surface area (Å²) in [4.78, 5) is 0.302. The van der Waals surface area contributed by atoms with Crippen LogP contribution < -0.4 is 4.74 Å². The first-order chi connectivity index (χ1) is 11.0. The third-order valence-corrected chi connectivity index (χ3v) is 4.78. The van der Waals surface area contributed by atoms with E-state index >= 15 is 0 Å². The Morgan fingerprint density at radius 3 is 1.74 bits per heavy atom. The van der Waals surface area contributed by atoms with Crippen LogP contribution in [0.4, 0.5) is 0 Å². The van der Waals surface area contributed by atoms with Gasteiger partial charge in [-0.3, -0.25) is 0 Å². The molecule has 0 aliphatic rings. The second-order valence-electron chi connectivity index (χ2n) is 5.22. The van der Waals surface area contributed by atoms with E-state index in [1.54, 1.807) is 43.9 Å². The lowest BCUT2D eigenvalue weighted by molar-refractivity contribution is 0.415. The molecule has 2 aromatic carbocycles. The lowest BCUT2D eigenvalue weighted by atomic mass is 9.99. The predicted molar refractivity (Wildman–Crippen MR) is 89.2 cm³/mol. The summed E-state index contributed by atoms with van der Waals surface area (Å²) in [5, 5.41) is 0. The molecule has 0 N–H and O–H groups in total. The van der Waals surface area contributed by atoms with Gasteiger partial charge in [0.1, 0.15) is 5.75 Å². The van der Waals surface area contributed by atoms with Gasteiger partial charge in [-0.15, -0.1) is 0 Å². The Kier molecular flexibility index (Phi) is 3.96. The second-order valence-corrected chi connectivity index (χ2v) is 7.24. The topological polar surface area (TPSA) is 56.5 Å². The minimum Gasteiger partial charge on any atom is -0.497 e. The molecule has 0 aliphatic heterocycles. The highest BCUT2D eigenvalue weighted by molar-refractivity contribution is 7.90. The van der Waals surface area contributed by atoms with Gasteiger partial charge < -0.3 is 9.15 Å². The van der Waals surface area contributed by atoms with Crippen LogP contribution in [0.5, 0.6) is 5.75 Å². The smallest absolute Gasteiger partial charge is 0.175 e. The Bertz CT molecular complexity index is 904. The highest BCUT2D eigenvalue weighted by Gasteiger charge is 2.12. The maximum absolute atomic E-state index is 11.5. The Balaban J connectivity index is 2.00. The number of ether oxygens (including phenoxy) is 1. The molecule has 0 amide bonds. The number of hydrogen-bond donors (Lipinski definition) is 0. The molecule has 23 heavy (non-hydrogen) atoms. The lowest BCUT2D eigenvalue weighted by Gasteiger charge is -2.06. The van der Waals surface area contributed by atoms with E-state index in [1.807, 2.05) is 24.3 Å². The molecule has 0 saturated carbocycles. The highest BCUT2D eigenvalue weighted by atomic mass is 32.2. The molecule has 5 heteroatoms. The van der Waals surface area contributed by atoms with E-state index in [1.165, 1.54) is 6.26 Å². The molecule has 3 rings (SSSR count). The first kappa shape index (κ1) is 15.4. The fourth-order valence-corrected chi connectivity index (χ4v) is 3.03. The molecule has 1 aromatic heterocycles. The van der Waals surface area contributed by atoms with Gasteiger partial charge in [0.25, 0.3) is 0 Å². The van der Waals surface area contributed by atoms with Crippen molar-refractivity contribution >= 4 is 9.84 Å². The van der Waals surface area contributed by atoms with Crippen molar-refractivity contribution < 1.29 is 17.6 Å².